The minimum absolute atomic E-state index is 0.747. The van der Waals surface area contributed by atoms with Gasteiger partial charge >= 0.3 is 0 Å². The standard InChI is InChI=1S/C13H11BrN2O/c1-2-11-16-13(14)12(17-11)9-7-15-10-6-4-3-5-8(9)10/h3-7,15H,2H2,1H3. The van der Waals surface area contributed by atoms with Gasteiger partial charge in [-0.3, -0.25) is 0 Å². The normalized spacial score (nSPS) is 11.2. The van der Waals surface area contributed by atoms with E-state index in [1.165, 1.54) is 0 Å². The average Bonchev–Trinajstić information content (AvgIpc) is 2.92. The number of rotatable bonds is 2. The summed E-state index contributed by atoms with van der Waals surface area (Å²) in [5.74, 6) is 1.54. The molecule has 0 spiro atoms. The maximum absolute atomic E-state index is 5.74. The maximum Gasteiger partial charge on any atom is 0.195 e. The largest absolute Gasteiger partial charge is 0.439 e. The number of nitrogens with one attached hydrogen (secondary N) is 1. The fourth-order valence-corrected chi connectivity index (χ4v) is 2.41. The van der Waals surface area contributed by atoms with Gasteiger partial charge in [0.25, 0.3) is 0 Å². The first-order valence-corrected chi connectivity index (χ1v) is 6.30. The van der Waals surface area contributed by atoms with Crippen LogP contribution in [0.25, 0.3) is 22.2 Å². The Morgan fingerprint density at radius 1 is 1.35 bits per heavy atom. The molecule has 3 rings (SSSR count). The van der Waals surface area contributed by atoms with Crippen LogP contribution in [0.15, 0.2) is 39.5 Å². The van der Waals surface area contributed by atoms with Gasteiger partial charge in [0.15, 0.2) is 16.3 Å². The number of aromatic nitrogens is 2. The second kappa shape index (κ2) is 4.04. The van der Waals surface area contributed by atoms with Crippen LogP contribution in [0.3, 0.4) is 0 Å². The van der Waals surface area contributed by atoms with Crippen LogP contribution in [0.2, 0.25) is 0 Å². The molecular formula is C13H11BrN2O. The molecule has 0 aliphatic heterocycles. The van der Waals surface area contributed by atoms with Crippen molar-refractivity contribution in [3.63, 3.8) is 0 Å². The minimum Gasteiger partial charge on any atom is -0.439 e. The van der Waals surface area contributed by atoms with Gasteiger partial charge in [0.2, 0.25) is 0 Å². The quantitative estimate of drug-likeness (QED) is 0.770. The topological polar surface area (TPSA) is 41.8 Å². The molecule has 0 saturated heterocycles. The van der Waals surface area contributed by atoms with Crippen LogP contribution < -0.4 is 0 Å². The lowest BCUT2D eigenvalue weighted by atomic mass is 10.1. The third-order valence-electron chi connectivity index (χ3n) is 2.77. The molecule has 17 heavy (non-hydrogen) atoms. The lowest BCUT2D eigenvalue weighted by Gasteiger charge is -1.94. The van der Waals surface area contributed by atoms with E-state index in [9.17, 15) is 0 Å². The van der Waals surface area contributed by atoms with Crippen molar-refractivity contribution in [3.8, 4) is 11.3 Å². The molecule has 0 aliphatic rings. The van der Waals surface area contributed by atoms with Gasteiger partial charge in [0.1, 0.15) is 0 Å². The summed E-state index contributed by atoms with van der Waals surface area (Å²) in [6, 6.07) is 8.14. The number of benzene rings is 1. The average molecular weight is 291 g/mol. The summed E-state index contributed by atoms with van der Waals surface area (Å²) in [7, 11) is 0. The Morgan fingerprint density at radius 2 is 2.18 bits per heavy atom. The van der Waals surface area contributed by atoms with Crippen LogP contribution in [-0.4, -0.2) is 9.97 Å². The van der Waals surface area contributed by atoms with Crippen molar-refractivity contribution < 1.29 is 4.42 Å². The van der Waals surface area contributed by atoms with E-state index in [4.69, 9.17) is 4.42 Å². The van der Waals surface area contributed by atoms with E-state index in [1.807, 2.05) is 31.3 Å². The number of H-pyrrole nitrogens is 1. The summed E-state index contributed by atoms with van der Waals surface area (Å²) in [6.07, 6.45) is 2.75. The third kappa shape index (κ3) is 1.69. The van der Waals surface area contributed by atoms with Gasteiger partial charge in [0, 0.05) is 29.1 Å². The lowest BCUT2D eigenvalue weighted by molar-refractivity contribution is 0.514. The van der Waals surface area contributed by atoms with E-state index in [0.717, 1.165) is 39.1 Å². The summed E-state index contributed by atoms with van der Waals surface area (Å²) in [4.78, 5) is 7.56. The highest BCUT2D eigenvalue weighted by molar-refractivity contribution is 9.10. The predicted octanol–water partition coefficient (Wildman–Crippen LogP) is 4.15. The lowest BCUT2D eigenvalue weighted by Crippen LogP contribution is -1.74. The monoisotopic (exact) mass is 290 g/mol. The van der Waals surface area contributed by atoms with Gasteiger partial charge < -0.3 is 9.40 Å². The molecular weight excluding hydrogens is 280 g/mol. The van der Waals surface area contributed by atoms with Gasteiger partial charge in [-0.1, -0.05) is 25.1 Å². The molecule has 0 atom stereocenters. The number of fused-ring (bicyclic) bond motifs is 1. The van der Waals surface area contributed by atoms with Crippen LogP contribution in [-0.2, 0) is 6.42 Å². The first-order chi connectivity index (χ1) is 8.29. The first kappa shape index (κ1) is 10.6. The fourth-order valence-electron chi connectivity index (χ4n) is 1.92. The van der Waals surface area contributed by atoms with Crippen molar-refractivity contribution in [2.24, 2.45) is 0 Å². The smallest absolute Gasteiger partial charge is 0.195 e. The van der Waals surface area contributed by atoms with Gasteiger partial charge in [0.05, 0.1) is 0 Å². The summed E-state index contributed by atoms with van der Waals surface area (Å²) >= 11 is 3.45. The zero-order valence-electron chi connectivity index (χ0n) is 9.33. The second-order valence-corrected chi connectivity index (χ2v) is 4.58. The number of hydrogen-bond donors (Lipinski definition) is 1. The molecule has 0 radical (unpaired) electrons. The minimum atomic E-state index is 0.747. The summed E-state index contributed by atoms with van der Waals surface area (Å²) < 4.78 is 6.50. The van der Waals surface area contributed by atoms with Crippen molar-refractivity contribution in [2.75, 3.05) is 0 Å². The molecule has 0 saturated carbocycles. The zero-order valence-corrected chi connectivity index (χ0v) is 10.9. The van der Waals surface area contributed by atoms with Crippen molar-refractivity contribution in [3.05, 3.63) is 41.0 Å². The molecule has 0 unspecified atom stereocenters. The Kier molecular flexibility index (Phi) is 2.52. The zero-order chi connectivity index (χ0) is 11.8. The summed E-state index contributed by atoms with van der Waals surface area (Å²) in [5.41, 5.74) is 2.14. The van der Waals surface area contributed by atoms with Crippen molar-refractivity contribution >= 4 is 26.8 Å². The van der Waals surface area contributed by atoms with Gasteiger partial charge in [-0.25, -0.2) is 4.98 Å². The molecule has 1 N–H and O–H groups in total. The Morgan fingerprint density at radius 3 is 2.94 bits per heavy atom. The molecule has 0 fully saturated rings. The highest BCUT2D eigenvalue weighted by Gasteiger charge is 2.15. The van der Waals surface area contributed by atoms with Crippen LogP contribution in [0.5, 0.6) is 0 Å². The summed E-state index contributed by atoms with van der Waals surface area (Å²) in [5, 5.41) is 1.15. The van der Waals surface area contributed by atoms with Gasteiger partial charge in [-0.15, -0.1) is 0 Å². The first-order valence-electron chi connectivity index (χ1n) is 5.51. The number of aryl methyl sites for hydroxylation is 1. The number of aromatic amines is 1. The Bertz CT molecular complexity index is 669. The maximum atomic E-state index is 5.74. The molecule has 1 aromatic carbocycles. The Hall–Kier alpha value is -1.55. The molecule has 2 heterocycles. The van der Waals surface area contributed by atoms with Crippen LogP contribution in [0.1, 0.15) is 12.8 Å². The SMILES string of the molecule is CCc1nc(Br)c(-c2c[nH]c3ccccc23)o1. The highest BCUT2D eigenvalue weighted by Crippen LogP contribution is 2.34. The molecule has 0 aliphatic carbocycles. The van der Waals surface area contributed by atoms with E-state index in [2.05, 4.69) is 32.0 Å². The predicted molar refractivity (Wildman–Crippen MR) is 70.9 cm³/mol. The van der Waals surface area contributed by atoms with E-state index in [-0.39, 0.29) is 0 Å². The number of nitrogens with zero attached hydrogens (tertiary/aromatic N) is 1. The Balaban J connectivity index is 2.23. The van der Waals surface area contributed by atoms with E-state index >= 15 is 0 Å². The Labute approximate surface area is 107 Å². The van der Waals surface area contributed by atoms with Crippen LogP contribution in [0.4, 0.5) is 0 Å². The van der Waals surface area contributed by atoms with Gasteiger partial charge in [-0.2, -0.15) is 0 Å². The summed E-state index contributed by atoms with van der Waals surface area (Å²) in [6.45, 7) is 2.03. The number of para-hydroxylation sites is 1. The molecule has 4 heteroatoms. The second-order valence-electron chi connectivity index (χ2n) is 3.83. The van der Waals surface area contributed by atoms with Crippen molar-refractivity contribution in [1.29, 1.82) is 0 Å². The van der Waals surface area contributed by atoms with E-state index in [1.54, 1.807) is 0 Å². The molecule has 0 bridgehead atoms. The van der Waals surface area contributed by atoms with Gasteiger partial charge in [-0.05, 0) is 22.0 Å². The van der Waals surface area contributed by atoms with Crippen molar-refractivity contribution in [1.82, 2.24) is 9.97 Å². The van der Waals surface area contributed by atoms with E-state index in [0.29, 0.717) is 0 Å². The number of halogens is 1. The number of oxazole rings is 1. The van der Waals surface area contributed by atoms with Crippen LogP contribution in [0, 0.1) is 0 Å². The molecule has 2 aromatic heterocycles. The highest BCUT2D eigenvalue weighted by atomic mass is 79.9. The third-order valence-corrected chi connectivity index (χ3v) is 3.30. The molecule has 0 amide bonds. The molecule has 3 aromatic rings. The molecule has 86 valence electrons. The molecule has 3 nitrogen and oxygen atoms in total. The van der Waals surface area contributed by atoms with E-state index < -0.39 is 0 Å². The number of hydrogen-bond acceptors (Lipinski definition) is 2. The van der Waals surface area contributed by atoms with Crippen molar-refractivity contribution in [2.45, 2.75) is 13.3 Å². The van der Waals surface area contributed by atoms with Crippen LogP contribution >= 0.6 is 15.9 Å². The fraction of sp³-hybridized carbons (Fsp3) is 0.154.